The SMILES string of the molecule is COCC1(C(=O)N2C[C@@H]3C[C@H]2CN3C(=O)c2cc(C(F)F)n(C)n2)CC1. The van der Waals surface area contributed by atoms with Gasteiger partial charge in [0.25, 0.3) is 12.3 Å². The molecular formula is C17H22F2N4O3. The van der Waals surface area contributed by atoms with Crippen molar-refractivity contribution in [3.63, 3.8) is 0 Å². The van der Waals surface area contributed by atoms with Crippen LogP contribution in [-0.4, -0.2) is 70.3 Å². The number of methoxy groups -OCH3 is 1. The zero-order valence-electron chi connectivity index (χ0n) is 14.8. The standard InChI is InChI=1S/C17H22F2N4O3/c1-21-13(14(18)19)6-12(20-21)15(24)22-7-11-5-10(22)8-23(11)16(25)17(3-4-17)9-26-2/h6,10-11,14H,3-5,7-9H2,1-2H3/t10-,11-/m0/s1. The maximum Gasteiger partial charge on any atom is 0.280 e. The van der Waals surface area contributed by atoms with E-state index in [2.05, 4.69) is 5.10 Å². The van der Waals surface area contributed by atoms with Crippen LogP contribution in [0.25, 0.3) is 0 Å². The largest absolute Gasteiger partial charge is 0.384 e. The molecule has 1 aliphatic carbocycles. The van der Waals surface area contributed by atoms with Crippen LogP contribution in [0.1, 0.15) is 41.9 Å². The minimum absolute atomic E-state index is 0.0101. The maximum absolute atomic E-state index is 12.9. The molecule has 2 bridgehead atoms. The second-order valence-electron chi connectivity index (χ2n) is 7.55. The number of alkyl halides is 2. The lowest BCUT2D eigenvalue weighted by molar-refractivity contribution is -0.141. The highest BCUT2D eigenvalue weighted by Gasteiger charge is 2.56. The van der Waals surface area contributed by atoms with Crippen LogP contribution >= 0.6 is 0 Å². The van der Waals surface area contributed by atoms with Crippen molar-refractivity contribution >= 4 is 11.8 Å². The molecule has 7 nitrogen and oxygen atoms in total. The molecule has 1 saturated carbocycles. The Kier molecular flexibility index (Phi) is 4.02. The number of carbonyl (C=O) groups excluding carboxylic acids is 2. The highest BCUT2D eigenvalue weighted by atomic mass is 19.3. The quantitative estimate of drug-likeness (QED) is 0.784. The topological polar surface area (TPSA) is 67.7 Å². The van der Waals surface area contributed by atoms with Crippen molar-refractivity contribution in [2.45, 2.75) is 37.8 Å². The summed E-state index contributed by atoms with van der Waals surface area (Å²) in [5, 5.41) is 3.94. The molecule has 3 heterocycles. The highest BCUT2D eigenvalue weighted by molar-refractivity contribution is 5.93. The summed E-state index contributed by atoms with van der Waals surface area (Å²) < 4.78 is 32.1. The van der Waals surface area contributed by atoms with E-state index in [0.29, 0.717) is 19.7 Å². The summed E-state index contributed by atoms with van der Waals surface area (Å²) in [5.41, 5.74) is -0.614. The Labute approximate surface area is 149 Å². The second kappa shape index (κ2) is 6.00. The molecule has 1 aromatic rings. The molecule has 0 N–H and O–H groups in total. The Balaban J connectivity index is 1.44. The van der Waals surface area contributed by atoms with Crippen LogP contribution in [0, 0.1) is 5.41 Å². The van der Waals surface area contributed by atoms with E-state index >= 15 is 0 Å². The smallest absolute Gasteiger partial charge is 0.280 e. The third-order valence-electron chi connectivity index (χ3n) is 5.85. The van der Waals surface area contributed by atoms with Gasteiger partial charge in [-0.1, -0.05) is 0 Å². The Bertz CT molecular complexity index is 746. The van der Waals surface area contributed by atoms with Crippen LogP contribution < -0.4 is 0 Å². The second-order valence-corrected chi connectivity index (χ2v) is 7.55. The molecular weight excluding hydrogens is 346 g/mol. The number of halogens is 2. The number of piperazine rings is 1. The van der Waals surface area contributed by atoms with E-state index in [4.69, 9.17) is 4.74 Å². The molecule has 0 radical (unpaired) electrons. The molecule has 9 heteroatoms. The fourth-order valence-electron chi connectivity index (χ4n) is 4.25. The van der Waals surface area contributed by atoms with Gasteiger partial charge in [0, 0.05) is 27.2 Å². The van der Waals surface area contributed by atoms with Crippen molar-refractivity contribution in [3.05, 3.63) is 17.5 Å². The normalized spacial score (nSPS) is 26.0. The first-order valence-electron chi connectivity index (χ1n) is 8.79. The van der Waals surface area contributed by atoms with E-state index in [0.717, 1.165) is 30.0 Å². The van der Waals surface area contributed by atoms with E-state index in [9.17, 15) is 18.4 Å². The summed E-state index contributed by atoms with van der Waals surface area (Å²) in [6.07, 6.45) is -0.247. The number of nitrogens with zero attached hydrogens (tertiary/aromatic N) is 4. The van der Waals surface area contributed by atoms with Gasteiger partial charge in [0.05, 0.1) is 24.1 Å². The lowest BCUT2D eigenvalue weighted by Gasteiger charge is -2.35. The van der Waals surface area contributed by atoms with Gasteiger partial charge in [-0.3, -0.25) is 14.3 Å². The van der Waals surface area contributed by atoms with Crippen molar-refractivity contribution in [3.8, 4) is 0 Å². The maximum atomic E-state index is 12.9. The van der Waals surface area contributed by atoms with Crippen LogP contribution in [-0.2, 0) is 16.6 Å². The van der Waals surface area contributed by atoms with Gasteiger partial charge in [0.1, 0.15) is 5.69 Å². The summed E-state index contributed by atoms with van der Waals surface area (Å²) in [4.78, 5) is 29.1. The molecule has 0 aromatic carbocycles. The average Bonchev–Trinajstić information content (AvgIpc) is 2.97. The molecule has 2 saturated heterocycles. The third-order valence-corrected chi connectivity index (χ3v) is 5.85. The molecule has 2 atom stereocenters. The first-order valence-corrected chi connectivity index (χ1v) is 8.79. The minimum Gasteiger partial charge on any atom is -0.384 e. The summed E-state index contributed by atoms with van der Waals surface area (Å²) >= 11 is 0. The minimum atomic E-state index is -2.67. The lowest BCUT2D eigenvalue weighted by atomic mass is 10.1. The highest BCUT2D eigenvalue weighted by Crippen LogP contribution is 2.49. The van der Waals surface area contributed by atoms with Crippen molar-refractivity contribution in [1.82, 2.24) is 19.6 Å². The number of aryl methyl sites for hydroxylation is 1. The number of carbonyl (C=O) groups is 2. The van der Waals surface area contributed by atoms with E-state index in [1.54, 1.807) is 12.0 Å². The van der Waals surface area contributed by atoms with Gasteiger partial charge in [-0.05, 0) is 25.3 Å². The van der Waals surface area contributed by atoms with Crippen molar-refractivity contribution in [2.24, 2.45) is 12.5 Å². The summed E-state index contributed by atoms with van der Waals surface area (Å²) in [7, 11) is 3.00. The van der Waals surface area contributed by atoms with Crippen molar-refractivity contribution in [2.75, 3.05) is 26.8 Å². The van der Waals surface area contributed by atoms with Crippen LogP contribution in [0.5, 0.6) is 0 Å². The predicted molar refractivity (Wildman–Crippen MR) is 86.7 cm³/mol. The number of likely N-dealkylation sites (tertiary alicyclic amines) is 2. The summed E-state index contributed by atoms with van der Waals surface area (Å²) in [5.74, 6) is -0.220. The number of fused-ring (bicyclic) bond motifs is 2. The Morgan fingerprint density at radius 3 is 2.46 bits per heavy atom. The molecule has 4 rings (SSSR count). The average molecular weight is 368 g/mol. The predicted octanol–water partition coefficient (Wildman–Crippen LogP) is 1.21. The third kappa shape index (κ3) is 2.60. The van der Waals surface area contributed by atoms with Crippen LogP contribution in [0.3, 0.4) is 0 Å². The molecule has 142 valence electrons. The van der Waals surface area contributed by atoms with Gasteiger partial charge in [-0.15, -0.1) is 0 Å². The van der Waals surface area contributed by atoms with E-state index in [1.807, 2.05) is 4.90 Å². The summed E-state index contributed by atoms with van der Waals surface area (Å²) in [6.45, 7) is 1.36. The Morgan fingerprint density at radius 2 is 1.96 bits per heavy atom. The molecule has 26 heavy (non-hydrogen) atoms. The van der Waals surface area contributed by atoms with E-state index in [1.165, 1.54) is 7.05 Å². The van der Waals surface area contributed by atoms with Gasteiger partial charge in [-0.2, -0.15) is 5.10 Å². The molecule has 0 unspecified atom stereocenters. The Hall–Kier alpha value is -2.03. The number of amides is 2. The number of rotatable bonds is 5. The van der Waals surface area contributed by atoms with Crippen LogP contribution in [0.2, 0.25) is 0 Å². The van der Waals surface area contributed by atoms with E-state index in [-0.39, 0.29) is 40.7 Å². The lowest BCUT2D eigenvalue weighted by Crippen LogP contribution is -2.53. The number of ether oxygens (including phenoxy) is 1. The van der Waals surface area contributed by atoms with Crippen molar-refractivity contribution in [1.29, 1.82) is 0 Å². The molecule has 3 aliphatic rings. The van der Waals surface area contributed by atoms with Crippen LogP contribution in [0.15, 0.2) is 6.07 Å². The fourth-order valence-corrected chi connectivity index (χ4v) is 4.25. The Morgan fingerprint density at radius 1 is 1.31 bits per heavy atom. The van der Waals surface area contributed by atoms with Gasteiger partial charge in [0.2, 0.25) is 5.91 Å². The van der Waals surface area contributed by atoms with Gasteiger partial charge < -0.3 is 14.5 Å². The van der Waals surface area contributed by atoms with Gasteiger partial charge >= 0.3 is 0 Å². The molecule has 2 aliphatic heterocycles. The van der Waals surface area contributed by atoms with E-state index < -0.39 is 6.43 Å². The van der Waals surface area contributed by atoms with Crippen molar-refractivity contribution < 1.29 is 23.1 Å². The molecule has 1 aromatic heterocycles. The van der Waals surface area contributed by atoms with Gasteiger partial charge in [0.15, 0.2) is 5.69 Å². The summed E-state index contributed by atoms with van der Waals surface area (Å²) in [6, 6.07) is 1.07. The number of hydrogen-bond acceptors (Lipinski definition) is 4. The molecule has 0 spiro atoms. The first kappa shape index (κ1) is 17.4. The first-order chi connectivity index (χ1) is 12.4. The number of aromatic nitrogens is 2. The monoisotopic (exact) mass is 368 g/mol. The van der Waals surface area contributed by atoms with Gasteiger partial charge in [-0.25, -0.2) is 8.78 Å². The zero-order valence-corrected chi connectivity index (χ0v) is 14.8. The molecule has 2 amide bonds. The zero-order chi connectivity index (χ0) is 18.6. The number of hydrogen-bond donors (Lipinski definition) is 0. The fraction of sp³-hybridized carbons (Fsp3) is 0.706. The van der Waals surface area contributed by atoms with Crippen LogP contribution in [0.4, 0.5) is 8.78 Å². The molecule has 3 fully saturated rings.